The van der Waals surface area contributed by atoms with Crippen LogP contribution in [0.15, 0.2) is 42.5 Å². The third-order valence-corrected chi connectivity index (χ3v) is 3.95. The molecule has 0 saturated carbocycles. The van der Waals surface area contributed by atoms with E-state index in [-0.39, 0.29) is 11.9 Å². The van der Waals surface area contributed by atoms with Crippen molar-refractivity contribution in [3.63, 3.8) is 0 Å². The Morgan fingerprint density at radius 1 is 1.04 bits per heavy atom. The minimum absolute atomic E-state index is 0.159. The van der Waals surface area contributed by atoms with Crippen molar-refractivity contribution < 1.29 is 9.59 Å². The van der Waals surface area contributed by atoms with Crippen molar-refractivity contribution in [3.05, 3.63) is 64.2 Å². The van der Waals surface area contributed by atoms with Crippen LogP contribution in [-0.4, -0.2) is 25.0 Å². The van der Waals surface area contributed by atoms with E-state index < -0.39 is 0 Å². The van der Waals surface area contributed by atoms with Crippen molar-refractivity contribution in [2.24, 2.45) is 0 Å². The fourth-order valence-electron chi connectivity index (χ4n) is 2.30. The first kappa shape index (κ1) is 18.8. The summed E-state index contributed by atoms with van der Waals surface area (Å²) in [6.07, 6.45) is 0.711. The first-order valence-electron chi connectivity index (χ1n) is 8.17. The summed E-state index contributed by atoms with van der Waals surface area (Å²) in [6.45, 7) is 4.80. The molecule has 3 amide bonds. The predicted molar refractivity (Wildman–Crippen MR) is 101 cm³/mol. The average molecular weight is 360 g/mol. The molecular weight excluding hydrogens is 338 g/mol. The van der Waals surface area contributed by atoms with Gasteiger partial charge in [-0.15, -0.1) is 0 Å². The fourth-order valence-corrected chi connectivity index (χ4v) is 2.42. The van der Waals surface area contributed by atoms with Crippen LogP contribution in [0.1, 0.15) is 28.4 Å². The molecule has 25 heavy (non-hydrogen) atoms. The molecule has 0 aliphatic heterocycles. The summed E-state index contributed by atoms with van der Waals surface area (Å²) < 4.78 is 0. The largest absolute Gasteiger partial charge is 0.352 e. The summed E-state index contributed by atoms with van der Waals surface area (Å²) in [5, 5.41) is 9.04. The number of aryl methyl sites for hydroxylation is 1. The highest BCUT2D eigenvalue weighted by Gasteiger charge is 2.09. The Bertz CT molecular complexity index is 745. The highest BCUT2D eigenvalue weighted by molar-refractivity contribution is 6.30. The summed E-state index contributed by atoms with van der Waals surface area (Å²) >= 11 is 5.85. The molecule has 0 aliphatic carbocycles. The van der Waals surface area contributed by atoms with Gasteiger partial charge < -0.3 is 16.0 Å². The van der Waals surface area contributed by atoms with Crippen molar-refractivity contribution in [3.8, 4) is 0 Å². The fraction of sp³-hybridized carbons (Fsp3) is 0.263. The Hall–Kier alpha value is -2.53. The zero-order chi connectivity index (χ0) is 18.2. The predicted octanol–water partition coefficient (Wildman–Crippen LogP) is 3.76. The van der Waals surface area contributed by atoms with Gasteiger partial charge in [-0.2, -0.15) is 0 Å². The topological polar surface area (TPSA) is 70.2 Å². The molecular formula is C19H22ClN3O2. The second-order valence-electron chi connectivity index (χ2n) is 5.65. The Kier molecular flexibility index (Phi) is 6.83. The smallest absolute Gasteiger partial charge is 0.319 e. The normalized spacial score (nSPS) is 10.2. The van der Waals surface area contributed by atoms with Crippen LogP contribution in [0.25, 0.3) is 0 Å². The van der Waals surface area contributed by atoms with E-state index in [1.807, 2.05) is 44.2 Å². The van der Waals surface area contributed by atoms with Gasteiger partial charge in [0.05, 0.1) is 0 Å². The third-order valence-electron chi connectivity index (χ3n) is 3.70. The van der Waals surface area contributed by atoms with Crippen LogP contribution in [0.2, 0.25) is 5.02 Å². The van der Waals surface area contributed by atoms with Crippen LogP contribution in [0.5, 0.6) is 0 Å². The summed E-state index contributed by atoms with van der Waals surface area (Å²) in [5.74, 6) is -0.159. The quantitative estimate of drug-likeness (QED) is 0.734. The van der Waals surface area contributed by atoms with E-state index in [9.17, 15) is 9.59 Å². The first-order chi connectivity index (χ1) is 12.0. The Morgan fingerprint density at radius 2 is 1.76 bits per heavy atom. The van der Waals surface area contributed by atoms with Crippen molar-refractivity contribution in [2.45, 2.75) is 20.3 Å². The summed E-state index contributed by atoms with van der Waals surface area (Å²) in [5.41, 5.74) is 3.12. The molecule has 2 aromatic rings. The molecule has 5 nitrogen and oxygen atoms in total. The van der Waals surface area contributed by atoms with Gasteiger partial charge in [0.1, 0.15) is 0 Å². The maximum absolute atomic E-state index is 12.1. The molecule has 3 N–H and O–H groups in total. The molecule has 0 spiro atoms. The Labute approximate surface area is 152 Å². The summed E-state index contributed by atoms with van der Waals surface area (Å²) in [7, 11) is 0. The number of benzene rings is 2. The molecule has 2 aromatic carbocycles. The number of amides is 3. The van der Waals surface area contributed by atoms with Gasteiger partial charge in [-0.1, -0.05) is 29.8 Å². The van der Waals surface area contributed by atoms with E-state index >= 15 is 0 Å². The van der Waals surface area contributed by atoms with E-state index in [0.29, 0.717) is 35.8 Å². The van der Waals surface area contributed by atoms with Crippen molar-refractivity contribution >= 4 is 29.2 Å². The van der Waals surface area contributed by atoms with Gasteiger partial charge >= 0.3 is 6.03 Å². The molecule has 0 aliphatic rings. The molecule has 0 atom stereocenters. The van der Waals surface area contributed by atoms with Gasteiger partial charge in [0.2, 0.25) is 0 Å². The van der Waals surface area contributed by atoms with Gasteiger partial charge in [0, 0.05) is 29.4 Å². The second kappa shape index (κ2) is 9.08. The monoisotopic (exact) mass is 359 g/mol. The van der Waals surface area contributed by atoms with Crippen LogP contribution in [0, 0.1) is 6.92 Å². The molecule has 0 bridgehead atoms. The van der Waals surface area contributed by atoms with Crippen LogP contribution in [-0.2, 0) is 6.42 Å². The van der Waals surface area contributed by atoms with E-state index in [0.717, 1.165) is 11.1 Å². The number of hydrogen-bond acceptors (Lipinski definition) is 2. The lowest BCUT2D eigenvalue weighted by Crippen LogP contribution is -2.31. The SMILES string of the molecule is CCNC(=O)c1ccc(C)c(NC(=O)NCCc2ccc(Cl)cc2)c1. The Balaban J connectivity index is 1.90. The lowest BCUT2D eigenvalue weighted by atomic mass is 10.1. The number of urea groups is 1. The van der Waals surface area contributed by atoms with Gasteiger partial charge in [-0.05, 0) is 55.7 Å². The van der Waals surface area contributed by atoms with Crippen LogP contribution < -0.4 is 16.0 Å². The Morgan fingerprint density at radius 3 is 2.44 bits per heavy atom. The zero-order valence-corrected chi connectivity index (χ0v) is 15.1. The number of anilines is 1. The molecule has 0 heterocycles. The van der Waals surface area contributed by atoms with Crippen LogP contribution in [0.3, 0.4) is 0 Å². The van der Waals surface area contributed by atoms with Gasteiger partial charge in [-0.3, -0.25) is 4.79 Å². The van der Waals surface area contributed by atoms with Gasteiger partial charge in [-0.25, -0.2) is 4.79 Å². The molecule has 0 aromatic heterocycles. The van der Waals surface area contributed by atoms with Gasteiger partial charge in [0.15, 0.2) is 0 Å². The maximum Gasteiger partial charge on any atom is 0.319 e. The minimum atomic E-state index is -0.301. The van der Waals surface area contributed by atoms with E-state index in [2.05, 4.69) is 16.0 Å². The average Bonchev–Trinajstić information content (AvgIpc) is 2.59. The van der Waals surface area contributed by atoms with E-state index in [4.69, 9.17) is 11.6 Å². The highest BCUT2D eigenvalue weighted by Crippen LogP contribution is 2.17. The van der Waals surface area contributed by atoms with Crippen LogP contribution >= 0.6 is 11.6 Å². The maximum atomic E-state index is 12.1. The second-order valence-corrected chi connectivity index (χ2v) is 6.08. The molecule has 0 unspecified atom stereocenters. The lowest BCUT2D eigenvalue weighted by Gasteiger charge is -2.12. The molecule has 0 radical (unpaired) electrons. The van der Waals surface area contributed by atoms with Crippen molar-refractivity contribution in [2.75, 3.05) is 18.4 Å². The number of halogens is 1. The van der Waals surface area contributed by atoms with E-state index in [1.165, 1.54) is 0 Å². The highest BCUT2D eigenvalue weighted by atomic mass is 35.5. The molecule has 2 rings (SSSR count). The summed E-state index contributed by atoms with van der Waals surface area (Å²) in [6, 6.07) is 12.5. The standard InChI is InChI=1S/C19H22ClN3O2/c1-3-21-18(24)15-7-4-13(2)17(12-15)23-19(25)22-11-10-14-5-8-16(20)9-6-14/h4-9,12H,3,10-11H2,1-2H3,(H,21,24)(H2,22,23,25). The number of hydrogen-bond donors (Lipinski definition) is 3. The number of nitrogens with one attached hydrogen (secondary N) is 3. The molecule has 132 valence electrons. The molecule has 6 heteroatoms. The molecule has 0 fully saturated rings. The van der Waals surface area contributed by atoms with Gasteiger partial charge in [0.25, 0.3) is 5.91 Å². The van der Waals surface area contributed by atoms with Crippen molar-refractivity contribution in [1.82, 2.24) is 10.6 Å². The van der Waals surface area contributed by atoms with Crippen LogP contribution in [0.4, 0.5) is 10.5 Å². The lowest BCUT2D eigenvalue weighted by molar-refractivity contribution is 0.0956. The van der Waals surface area contributed by atoms with E-state index in [1.54, 1.807) is 12.1 Å². The number of carbonyl (C=O) groups excluding carboxylic acids is 2. The molecule has 0 saturated heterocycles. The number of carbonyl (C=O) groups is 2. The minimum Gasteiger partial charge on any atom is -0.352 e. The first-order valence-corrected chi connectivity index (χ1v) is 8.55. The third kappa shape index (κ3) is 5.80. The zero-order valence-electron chi connectivity index (χ0n) is 14.4. The summed E-state index contributed by atoms with van der Waals surface area (Å²) in [4.78, 5) is 24.0. The van der Waals surface area contributed by atoms with Crippen molar-refractivity contribution in [1.29, 1.82) is 0 Å². The number of rotatable bonds is 6.